The van der Waals surface area contributed by atoms with E-state index in [1.54, 1.807) is 54.6 Å². The average Bonchev–Trinajstić information content (AvgIpc) is 2.88. The molecule has 0 spiro atoms. The molecule has 4 aromatic carbocycles. The van der Waals surface area contributed by atoms with E-state index in [0.29, 0.717) is 22.7 Å². The summed E-state index contributed by atoms with van der Waals surface area (Å²) in [6.45, 7) is -0.183. The van der Waals surface area contributed by atoms with Gasteiger partial charge in [0, 0.05) is 0 Å². The minimum atomic E-state index is -3.81. The van der Waals surface area contributed by atoms with Gasteiger partial charge in [0.2, 0.25) is 0 Å². The number of amides is 1. The predicted molar refractivity (Wildman–Crippen MR) is 135 cm³/mol. The van der Waals surface area contributed by atoms with Crippen molar-refractivity contribution in [3.63, 3.8) is 0 Å². The molecule has 8 nitrogen and oxygen atoms in total. The summed E-state index contributed by atoms with van der Waals surface area (Å²) in [5, 5.41) is 8.37. The van der Waals surface area contributed by atoms with E-state index in [1.165, 1.54) is 19.4 Å². The number of anilines is 1. The van der Waals surface area contributed by atoms with Crippen LogP contribution in [0.4, 0.5) is 5.69 Å². The molecule has 4 aromatic rings. The first-order chi connectivity index (χ1) is 16.9. The number of ether oxygens (including phenoxy) is 2. The van der Waals surface area contributed by atoms with Crippen LogP contribution >= 0.6 is 0 Å². The monoisotopic (exact) mass is 489 g/mol. The Morgan fingerprint density at radius 1 is 0.914 bits per heavy atom. The number of fused-ring (bicyclic) bond motifs is 1. The molecule has 0 aliphatic heterocycles. The molecule has 178 valence electrons. The van der Waals surface area contributed by atoms with Crippen molar-refractivity contribution >= 4 is 38.6 Å². The number of sulfonamides is 1. The number of rotatable bonds is 9. The van der Waals surface area contributed by atoms with E-state index in [-0.39, 0.29) is 17.4 Å². The number of methoxy groups -OCH3 is 1. The first-order valence-electron chi connectivity index (χ1n) is 10.6. The van der Waals surface area contributed by atoms with E-state index in [4.69, 9.17) is 9.47 Å². The van der Waals surface area contributed by atoms with Gasteiger partial charge in [0.1, 0.15) is 11.5 Å². The number of nitrogens with zero attached hydrogens (tertiary/aromatic N) is 1. The van der Waals surface area contributed by atoms with E-state index in [1.807, 2.05) is 30.3 Å². The summed E-state index contributed by atoms with van der Waals surface area (Å²) >= 11 is 0. The SMILES string of the molecule is COc1ccccc1NC(=O)COc1ccc(/C=N/NS(=O)(=O)c2ccc3ccccc3c2)cc1. The van der Waals surface area contributed by atoms with Crippen LogP contribution in [0.3, 0.4) is 0 Å². The van der Waals surface area contributed by atoms with Crippen molar-refractivity contribution in [3.05, 3.63) is 96.6 Å². The van der Waals surface area contributed by atoms with Gasteiger partial charge < -0.3 is 14.8 Å². The summed E-state index contributed by atoms with van der Waals surface area (Å²) < 4.78 is 35.8. The molecule has 0 atom stereocenters. The summed E-state index contributed by atoms with van der Waals surface area (Å²) in [6.07, 6.45) is 1.39. The van der Waals surface area contributed by atoms with Gasteiger partial charge in [-0.1, -0.05) is 42.5 Å². The van der Waals surface area contributed by atoms with Crippen LogP contribution in [0.5, 0.6) is 11.5 Å². The second-order valence-corrected chi connectivity index (χ2v) is 9.13. The molecule has 0 fully saturated rings. The third-order valence-electron chi connectivity index (χ3n) is 5.05. The zero-order valence-electron chi connectivity index (χ0n) is 18.8. The Balaban J connectivity index is 1.31. The molecular formula is C26H23N3O5S. The van der Waals surface area contributed by atoms with Gasteiger partial charge in [0.05, 0.1) is 23.9 Å². The van der Waals surface area contributed by atoms with E-state index in [9.17, 15) is 13.2 Å². The van der Waals surface area contributed by atoms with Crippen LogP contribution in [0.15, 0.2) is 101 Å². The van der Waals surface area contributed by atoms with Gasteiger partial charge in [-0.15, -0.1) is 0 Å². The summed E-state index contributed by atoms with van der Waals surface area (Å²) in [4.78, 5) is 14.5. The Labute approximate surface area is 203 Å². The van der Waals surface area contributed by atoms with Crippen LogP contribution in [0.1, 0.15) is 5.56 Å². The number of para-hydroxylation sites is 2. The molecule has 0 aliphatic carbocycles. The lowest BCUT2D eigenvalue weighted by molar-refractivity contribution is -0.118. The average molecular weight is 490 g/mol. The van der Waals surface area contributed by atoms with Crippen molar-refractivity contribution < 1.29 is 22.7 Å². The highest BCUT2D eigenvalue weighted by atomic mass is 32.2. The summed E-state index contributed by atoms with van der Waals surface area (Å²) in [7, 11) is -2.28. The van der Waals surface area contributed by atoms with Crippen LogP contribution in [0.25, 0.3) is 10.8 Å². The van der Waals surface area contributed by atoms with Crippen LogP contribution in [-0.2, 0) is 14.8 Å². The van der Waals surface area contributed by atoms with Crippen molar-refractivity contribution in [1.82, 2.24) is 4.83 Å². The zero-order valence-corrected chi connectivity index (χ0v) is 19.7. The second-order valence-electron chi connectivity index (χ2n) is 7.47. The maximum Gasteiger partial charge on any atom is 0.276 e. The smallest absolute Gasteiger partial charge is 0.276 e. The van der Waals surface area contributed by atoms with E-state index >= 15 is 0 Å². The molecular weight excluding hydrogens is 466 g/mol. The van der Waals surface area contributed by atoms with Crippen LogP contribution < -0.4 is 19.6 Å². The van der Waals surface area contributed by atoms with Crippen LogP contribution in [0.2, 0.25) is 0 Å². The first-order valence-corrected chi connectivity index (χ1v) is 12.1. The maximum absolute atomic E-state index is 12.5. The number of carbonyl (C=O) groups is 1. The molecule has 2 N–H and O–H groups in total. The highest BCUT2D eigenvalue weighted by Crippen LogP contribution is 2.23. The number of hydrogen-bond acceptors (Lipinski definition) is 6. The molecule has 1 amide bonds. The number of benzene rings is 4. The standard InChI is InChI=1S/C26H23N3O5S/c1-33-25-9-5-4-8-24(25)28-26(30)18-34-22-13-10-19(11-14-22)17-27-29-35(31,32)23-15-12-20-6-2-3-7-21(20)16-23/h2-17,29H,18H2,1H3,(H,28,30)/b27-17+. The number of nitrogens with one attached hydrogen (secondary N) is 2. The lowest BCUT2D eigenvalue weighted by Crippen LogP contribution is -2.20. The molecule has 0 radical (unpaired) electrons. The Morgan fingerprint density at radius 3 is 2.40 bits per heavy atom. The van der Waals surface area contributed by atoms with E-state index in [0.717, 1.165) is 10.8 Å². The molecule has 9 heteroatoms. The Hall–Kier alpha value is -4.37. The molecule has 0 saturated carbocycles. The molecule has 0 saturated heterocycles. The van der Waals surface area contributed by atoms with Gasteiger partial charge in [-0.25, -0.2) is 4.83 Å². The molecule has 4 rings (SSSR count). The maximum atomic E-state index is 12.5. The Bertz CT molecular complexity index is 1470. The first kappa shape index (κ1) is 23.8. The molecule has 0 aromatic heterocycles. The number of hydrazone groups is 1. The fourth-order valence-electron chi connectivity index (χ4n) is 3.29. The lowest BCUT2D eigenvalue weighted by Gasteiger charge is -2.10. The Kier molecular flexibility index (Phi) is 7.27. The van der Waals surface area contributed by atoms with Crippen molar-refractivity contribution in [2.75, 3.05) is 19.0 Å². The van der Waals surface area contributed by atoms with Gasteiger partial charge in [0.25, 0.3) is 15.9 Å². The third kappa shape index (κ3) is 6.15. The minimum Gasteiger partial charge on any atom is -0.495 e. The van der Waals surface area contributed by atoms with Gasteiger partial charge in [-0.3, -0.25) is 4.79 Å². The summed E-state index contributed by atoms with van der Waals surface area (Å²) in [6, 6.07) is 26.2. The van der Waals surface area contributed by atoms with Crippen molar-refractivity contribution in [1.29, 1.82) is 0 Å². The quantitative estimate of drug-likeness (QED) is 0.271. The van der Waals surface area contributed by atoms with E-state index in [2.05, 4.69) is 15.2 Å². The normalized spacial score (nSPS) is 11.3. The largest absolute Gasteiger partial charge is 0.495 e. The molecule has 0 unspecified atom stereocenters. The fraction of sp³-hybridized carbons (Fsp3) is 0.0769. The van der Waals surface area contributed by atoms with Gasteiger partial charge >= 0.3 is 0 Å². The van der Waals surface area contributed by atoms with Crippen molar-refractivity contribution in [2.45, 2.75) is 4.90 Å². The van der Waals surface area contributed by atoms with E-state index < -0.39 is 10.0 Å². The topological polar surface area (TPSA) is 106 Å². The van der Waals surface area contributed by atoms with Crippen molar-refractivity contribution in [3.8, 4) is 11.5 Å². The highest BCUT2D eigenvalue weighted by Gasteiger charge is 2.13. The van der Waals surface area contributed by atoms with Gasteiger partial charge in [-0.2, -0.15) is 13.5 Å². The number of hydrogen-bond donors (Lipinski definition) is 2. The zero-order chi connectivity index (χ0) is 24.7. The molecule has 0 aliphatic rings. The Morgan fingerprint density at radius 2 is 1.63 bits per heavy atom. The predicted octanol–water partition coefficient (Wildman–Crippen LogP) is 4.18. The fourth-order valence-corrected chi connectivity index (χ4v) is 4.12. The van der Waals surface area contributed by atoms with Crippen molar-refractivity contribution in [2.24, 2.45) is 5.10 Å². The summed E-state index contributed by atoms with van der Waals surface area (Å²) in [5.74, 6) is 0.707. The molecule has 0 bridgehead atoms. The third-order valence-corrected chi connectivity index (χ3v) is 6.27. The highest BCUT2D eigenvalue weighted by molar-refractivity contribution is 7.89. The van der Waals surface area contributed by atoms with Crippen LogP contribution in [-0.4, -0.2) is 34.3 Å². The lowest BCUT2D eigenvalue weighted by atomic mass is 10.1. The van der Waals surface area contributed by atoms with Gasteiger partial charge in [0.15, 0.2) is 6.61 Å². The molecule has 35 heavy (non-hydrogen) atoms. The van der Waals surface area contributed by atoms with Crippen LogP contribution in [0, 0.1) is 0 Å². The second kappa shape index (κ2) is 10.7. The number of carbonyl (C=O) groups excluding carboxylic acids is 1. The minimum absolute atomic E-state index is 0.128. The molecule has 0 heterocycles. The van der Waals surface area contributed by atoms with Gasteiger partial charge in [-0.05, 0) is 64.9 Å². The summed E-state index contributed by atoms with van der Waals surface area (Å²) in [5.41, 5.74) is 1.21.